The fourth-order valence-electron chi connectivity index (χ4n) is 1.47. The number of nitrogens with one attached hydrogen (secondary N) is 1. The molecule has 1 N–H and O–H groups in total. The van der Waals surface area contributed by atoms with E-state index < -0.39 is 11.6 Å². The van der Waals surface area contributed by atoms with Crippen LogP contribution in [-0.4, -0.2) is 23.8 Å². The zero-order valence-corrected chi connectivity index (χ0v) is 13.0. The molecule has 0 aliphatic heterocycles. The molecule has 0 aliphatic rings. The van der Waals surface area contributed by atoms with Crippen LogP contribution >= 0.6 is 0 Å². The maximum absolute atomic E-state index is 11.8. The lowest BCUT2D eigenvalue weighted by Gasteiger charge is -2.30. The van der Waals surface area contributed by atoms with Gasteiger partial charge in [-0.3, -0.25) is 0 Å². The predicted molar refractivity (Wildman–Crippen MR) is 79.5 cm³/mol. The number of alkyl carbamates (subject to hydrolysis) is 1. The van der Waals surface area contributed by atoms with Gasteiger partial charge in [-0.05, 0) is 40.2 Å². The zero-order chi connectivity index (χ0) is 15.2. The fraction of sp³-hybridized carbons (Fsp3) is 0.562. The first-order chi connectivity index (χ1) is 9.18. The molecule has 0 fully saturated rings. The van der Waals surface area contributed by atoms with Crippen LogP contribution in [0.2, 0.25) is 0 Å². The number of benzene rings is 1. The van der Waals surface area contributed by atoms with E-state index in [9.17, 15) is 4.79 Å². The molecule has 0 spiro atoms. The van der Waals surface area contributed by atoms with Gasteiger partial charge in [-0.25, -0.2) is 4.79 Å². The van der Waals surface area contributed by atoms with Crippen LogP contribution in [0.15, 0.2) is 30.3 Å². The second-order valence-electron chi connectivity index (χ2n) is 6.47. The van der Waals surface area contributed by atoms with Crippen molar-refractivity contribution in [1.29, 1.82) is 0 Å². The predicted octanol–water partition coefficient (Wildman–Crippen LogP) is 3.51. The molecule has 0 saturated heterocycles. The molecule has 112 valence electrons. The second kappa shape index (κ2) is 6.75. The lowest BCUT2D eigenvalue weighted by molar-refractivity contribution is -0.0299. The van der Waals surface area contributed by atoms with Crippen LogP contribution in [0.5, 0.6) is 0 Å². The van der Waals surface area contributed by atoms with Crippen molar-refractivity contribution in [2.24, 2.45) is 0 Å². The Hall–Kier alpha value is -1.55. The number of carbonyl (C=O) groups is 1. The van der Waals surface area contributed by atoms with Gasteiger partial charge in [-0.15, -0.1) is 0 Å². The van der Waals surface area contributed by atoms with E-state index in [1.165, 1.54) is 0 Å². The summed E-state index contributed by atoms with van der Waals surface area (Å²) < 4.78 is 10.9. The summed E-state index contributed by atoms with van der Waals surface area (Å²) in [6, 6.07) is 9.59. The van der Waals surface area contributed by atoms with E-state index in [0.29, 0.717) is 6.61 Å². The van der Waals surface area contributed by atoms with Crippen molar-refractivity contribution in [3.8, 4) is 0 Å². The number of rotatable bonds is 5. The van der Waals surface area contributed by atoms with Gasteiger partial charge in [0.2, 0.25) is 0 Å². The summed E-state index contributed by atoms with van der Waals surface area (Å²) in [7, 11) is 0. The van der Waals surface area contributed by atoms with Gasteiger partial charge in [-0.1, -0.05) is 30.3 Å². The lowest BCUT2D eigenvalue weighted by Crippen LogP contribution is -2.48. The first-order valence-corrected chi connectivity index (χ1v) is 6.81. The summed E-state index contributed by atoms with van der Waals surface area (Å²) in [5.41, 5.74) is 0.264. The van der Waals surface area contributed by atoms with Gasteiger partial charge in [-0.2, -0.15) is 0 Å². The number of ether oxygens (including phenoxy) is 2. The molecule has 1 amide bonds. The summed E-state index contributed by atoms with van der Waals surface area (Å²) in [5, 5.41) is 2.81. The minimum absolute atomic E-state index is 0.229. The molecule has 0 aliphatic carbocycles. The van der Waals surface area contributed by atoms with E-state index in [1.54, 1.807) is 0 Å². The number of hydrogen-bond acceptors (Lipinski definition) is 3. The van der Waals surface area contributed by atoms with E-state index in [-0.39, 0.29) is 12.2 Å². The molecule has 1 aromatic carbocycles. The third kappa shape index (κ3) is 7.14. The molecule has 1 aromatic rings. The maximum atomic E-state index is 11.8. The third-order valence-electron chi connectivity index (χ3n) is 2.52. The van der Waals surface area contributed by atoms with Crippen LogP contribution in [0.25, 0.3) is 0 Å². The van der Waals surface area contributed by atoms with Gasteiger partial charge in [0.1, 0.15) is 6.61 Å². The van der Waals surface area contributed by atoms with Gasteiger partial charge in [0.25, 0.3) is 0 Å². The highest BCUT2D eigenvalue weighted by Gasteiger charge is 2.24. The molecule has 4 heteroatoms. The van der Waals surface area contributed by atoms with Crippen molar-refractivity contribution in [3.63, 3.8) is 0 Å². The van der Waals surface area contributed by atoms with Crippen LogP contribution in [0, 0.1) is 0 Å². The summed E-state index contributed by atoms with van der Waals surface area (Å²) in [6.45, 7) is 10.5. The average Bonchev–Trinajstić information content (AvgIpc) is 2.34. The zero-order valence-electron chi connectivity index (χ0n) is 13.0. The summed E-state index contributed by atoms with van der Waals surface area (Å²) in [6.07, 6.45) is -0.434. The van der Waals surface area contributed by atoms with Gasteiger partial charge in [0.05, 0.1) is 17.7 Å². The Morgan fingerprint density at radius 3 is 2.25 bits per heavy atom. The van der Waals surface area contributed by atoms with E-state index in [0.717, 1.165) is 5.56 Å². The Morgan fingerprint density at radius 1 is 1.10 bits per heavy atom. The molecule has 0 atom stereocenters. The van der Waals surface area contributed by atoms with Crippen molar-refractivity contribution >= 4 is 6.09 Å². The highest BCUT2D eigenvalue weighted by atomic mass is 16.5. The molecule has 1 rings (SSSR count). The molecule has 0 unspecified atom stereocenters. The van der Waals surface area contributed by atoms with Crippen molar-refractivity contribution in [3.05, 3.63) is 35.9 Å². The fourth-order valence-corrected chi connectivity index (χ4v) is 1.47. The molecule has 4 nitrogen and oxygen atoms in total. The molecular weight excluding hydrogens is 254 g/mol. The van der Waals surface area contributed by atoms with E-state index in [2.05, 4.69) is 5.32 Å². The Labute approximate surface area is 121 Å². The van der Waals surface area contributed by atoms with Crippen LogP contribution in [0.1, 0.15) is 40.2 Å². The Balaban J connectivity index is 2.37. The molecule has 0 radical (unpaired) electrons. The molecule has 20 heavy (non-hydrogen) atoms. The first kappa shape index (κ1) is 16.5. The normalized spacial score (nSPS) is 12.1. The quantitative estimate of drug-likeness (QED) is 0.897. The topological polar surface area (TPSA) is 47.6 Å². The Bertz CT molecular complexity index is 421. The van der Waals surface area contributed by atoms with E-state index in [4.69, 9.17) is 9.47 Å². The minimum Gasteiger partial charge on any atom is -0.445 e. The highest BCUT2D eigenvalue weighted by Crippen LogP contribution is 2.12. The summed E-state index contributed by atoms with van der Waals surface area (Å²) in [5.74, 6) is 0. The number of carbonyl (C=O) groups excluding carboxylic acids is 1. The highest BCUT2D eigenvalue weighted by molar-refractivity contribution is 5.68. The monoisotopic (exact) mass is 279 g/mol. The van der Waals surface area contributed by atoms with E-state index in [1.807, 2.05) is 65.0 Å². The summed E-state index contributed by atoms with van der Waals surface area (Å²) >= 11 is 0. The van der Waals surface area contributed by atoms with Crippen molar-refractivity contribution in [2.45, 2.75) is 52.4 Å². The average molecular weight is 279 g/mol. The molecule has 0 heterocycles. The number of hydrogen-bond donors (Lipinski definition) is 1. The first-order valence-electron chi connectivity index (χ1n) is 6.81. The van der Waals surface area contributed by atoms with Crippen molar-refractivity contribution in [2.75, 3.05) is 6.61 Å². The lowest BCUT2D eigenvalue weighted by atomic mass is 10.1. The Morgan fingerprint density at radius 2 is 1.70 bits per heavy atom. The van der Waals surface area contributed by atoms with Gasteiger partial charge in [0, 0.05) is 0 Å². The maximum Gasteiger partial charge on any atom is 0.407 e. The molecule has 0 bridgehead atoms. The van der Waals surface area contributed by atoms with Crippen molar-refractivity contribution in [1.82, 2.24) is 5.32 Å². The van der Waals surface area contributed by atoms with Crippen LogP contribution < -0.4 is 5.32 Å². The number of amides is 1. The van der Waals surface area contributed by atoms with Gasteiger partial charge < -0.3 is 14.8 Å². The molecule has 0 saturated carbocycles. The third-order valence-corrected chi connectivity index (χ3v) is 2.52. The molecule has 0 aromatic heterocycles. The Kier molecular flexibility index (Phi) is 5.57. The van der Waals surface area contributed by atoms with Crippen LogP contribution in [0.3, 0.4) is 0 Å². The molecular formula is C16H25NO3. The van der Waals surface area contributed by atoms with Crippen LogP contribution in [0.4, 0.5) is 4.79 Å². The van der Waals surface area contributed by atoms with Crippen molar-refractivity contribution < 1.29 is 14.3 Å². The second-order valence-corrected chi connectivity index (χ2v) is 6.47. The smallest absolute Gasteiger partial charge is 0.407 e. The standard InChI is InChI=1S/C16H25NO3/c1-15(2,3)20-12-16(4,5)17-14(18)19-11-13-9-7-6-8-10-13/h6-10H,11-12H2,1-5H3,(H,17,18). The largest absolute Gasteiger partial charge is 0.445 e. The minimum atomic E-state index is -0.471. The summed E-state index contributed by atoms with van der Waals surface area (Å²) in [4.78, 5) is 11.8. The SMILES string of the molecule is CC(C)(COC(C)(C)C)NC(=O)OCc1ccccc1. The van der Waals surface area contributed by atoms with Crippen LogP contribution in [-0.2, 0) is 16.1 Å². The van der Waals surface area contributed by atoms with E-state index >= 15 is 0 Å². The van der Waals surface area contributed by atoms with Gasteiger partial charge >= 0.3 is 6.09 Å². The van der Waals surface area contributed by atoms with Gasteiger partial charge in [0.15, 0.2) is 0 Å².